The molecule has 0 bridgehead atoms. The molecule has 1 aliphatic heterocycles. The van der Waals surface area contributed by atoms with Crippen molar-refractivity contribution < 1.29 is 9.47 Å². The number of hydrogen-bond donors (Lipinski definition) is 2. The number of benzene rings is 1. The molecule has 1 heterocycles. The number of rotatable bonds is 7. The number of methoxy groups -OCH3 is 1. The lowest BCUT2D eigenvalue weighted by atomic mass is 10.0. The highest BCUT2D eigenvalue weighted by Crippen LogP contribution is 2.34. The van der Waals surface area contributed by atoms with E-state index in [0.29, 0.717) is 24.7 Å². The zero-order chi connectivity index (χ0) is 20.6. The van der Waals surface area contributed by atoms with Crippen LogP contribution in [0.5, 0.6) is 11.5 Å². The highest BCUT2D eigenvalue weighted by atomic mass is 127. The predicted molar refractivity (Wildman–Crippen MR) is 134 cm³/mol. The van der Waals surface area contributed by atoms with Gasteiger partial charge < -0.3 is 25.0 Å². The Kier molecular flexibility index (Phi) is 10.5. The number of hydrogen-bond acceptors (Lipinski definition) is 4. The zero-order valence-corrected chi connectivity index (χ0v) is 21.3. The summed E-state index contributed by atoms with van der Waals surface area (Å²) in [5.74, 6) is 2.53. The lowest BCUT2D eigenvalue weighted by Crippen LogP contribution is -2.49. The molecule has 1 saturated heterocycles. The number of guanidine groups is 1. The van der Waals surface area contributed by atoms with Crippen LogP contribution >= 0.6 is 24.0 Å². The summed E-state index contributed by atoms with van der Waals surface area (Å²) in [5, 5.41) is 7.07. The fourth-order valence-corrected chi connectivity index (χ4v) is 4.29. The van der Waals surface area contributed by atoms with Gasteiger partial charge in [0.05, 0.1) is 13.2 Å². The van der Waals surface area contributed by atoms with Crippen molar-refractivity contribution in [1.29, 1.82) is 0 Å². The molecule has 0 aromatic heterocycles. The second kappa shape index (κ2) is 12.6. The van der Waals surface area contributed by atoms with Crippen molar-refractivity contribution in [1.82, 2.24) is 15.5 Å². The van der Waals surface area contributed by atoms with Gasteiger partial charge >= 0.3 is 0 Å². The van der Waals surface area contributed by atoms with Gasteiger partial charge in [0.25, 0.3) is 0 Å². The number of halogens is 1. The Hall–Kier alpha value is -1.22. The standard InChI is InChI=1S/C23H38N4O2.HI/c1-17(2)27-14-12-19(13-15-27)26-23(24-3)25-16-18-8-7-11-21(28-4)22(18)29-20-9-5-6-10-20;/h7-8,11,17,19-20H,5-6,9-10,12-16H2,1-4H3,(H2,24,25,26);1H. The largest absolute Gasteiger partial charge is 0.493 e. The number of para-hydroxylation sites is 1. The molecule has 0 amide bonds. The summed E-state index contributed by atoms with van der Waals surface area (Å²) in [7, 11) is 3.54. The fourth-order valence-electron chi connectivity index (χ4n) is 4.29. The summed E-state index contributed by atoms with van der Waals surface area (Å²) in [6.45, 7) is 7.48. The summed E-state index contributed by atoms with van der Waals surface area (Å²) in [6, 6.07) is 7.20. The van der Waals surface area contributed by atoms with Gasteiger partial charge in [0, 0.05) is 44.3 Å². The first kappa shape index (κ1) is 25.0. The van der Waals surface area contributed by atoms with Crippen LogP contribution < -0.4 is 20.1 Å². The summed E-state index contributed by atoms with van der Waals surface area (Å²) in [4.78, 5) is 6.97. The van der Waals surface area contributed by atoms with Crippen molar-refractivity contribution in [2.45, 2.75) is 77.1 Å². The average molecular weight is 530 g/mol. The summed E-state index contributed by atoms with van der Waals surface area (Å²) < 4.78 is 11.9. The Labute approximate surface area is 199 Å². The number of nitrogens with zero attached hydrogens (tertiary/aromatic N) is 2. The van der Waals surface area contributed by atoms with E-state index in [1.165, 1.54) is 12.8 Å². The van der Waals surface area contributed by atoms with Gasteiger partial charge in [0.15, 0.2) is 17.5 Å². The Morgan fingerprint density at radius 2 is 1.87 bits per heavy atom. The van der Waals surface area contributed by atoms with E-state index < -0.39 is 0 Å². The molecular formula is C23H39IN4O2. The first-order chi connectivity index (χ1) is 14.1. The summed E-state index contributed by atoms with van der Waals surface area (Å²) >= 11 is 0. The van der Waals surface area contributed by atoms with Crippen molar-refractivity contribution in [2.24, 2.45) is 4.99 Å². The number of aliphatic imine (C=N–C) groups is 1. The van der Waals surface area contributed by atoms with Gasteiger partial charge in [-0.1, -0.05) is 12.1 Å². The quantitative estimate of drug-likeness (QED) is 0.315. The van der Waals surface area contributed by atoms with Crippen LogP contribution in [0.15, 0.2) is 23.2 Å². The van der Waals surface area contributed by atoms with Gasteiger partial charge in [-0.25, -0.2) is 0 Å². The van der Waals surface area contributed by atoms with Crippen LogP contribution in [0.4, 0.5) is 0 Å². The molecule has 7 heteroatoms. The highest BCUT2D eigenvalue weighted by Gasteiger charge is 2.23. The van der Waals surface area contributed by atoms with E-state index in [1.807, 2.05) is 19.2 Å². The van der Waals surface area contributed by atoms with E-state index in [-0.39, 0.29) is 24.0 Å². The molecule has 30 heavy (non-hydrogen) atoms. The minimum atomic E-state index is 0. The number of likely N-dealkylation sites (tertiary alicyclic amines) is 1. The van der Waals surface area contributed by atoms with Crippen LogP contribution in [0.3, 0.4) is 0 Å². The Bertz CT molecular complexity index is 669. The lowest BCUT2D eigenvalue weighted by molar-refractivity contribution is 0.167. The van der Waals surface area contributed by atoms with E-state index in [9.17, 15) is 0 Å². The van der Waals surface area contributed by atoms with Gasteiger partial charge in [0.2, 0.25) is 0 Å². The topological polar surface area (TPSA) is 58.1 Å². The molecule has 170 valence electrons. The molecule has 2 N–H and O–H groups in total. The molecule has 1 saturated carbocycles. The molecule has 1 aromatic carbocycles. The third-order valence-electron chi connectivity index (χ3n) is 6.14. The molecule has 0 radical (unpaired) electrons. The molecule has 6 nitrogen and oxygen atoms in total. The van der Waals surface area contributed by atoms with E-state index in [4.69, 9.17) is 9.47 Å². The van der Waals surface area contributed by atoms with E-state index in [1.54, 1.807) is 7.11 Å². The fraction of sp³-hybridized carbons (Fsp3) is 0.696. The van der Waals surface area contributed by atoms with E-state index in [0.717, 1.165) is 61.8 Å². The Morgan fingerprint density at radius 1 is 1.17 bits per heavy atom. The third-order valence-corrected chi connectivity index (χ3v) is 6.14. The molecule has 0 unspecified atom stereocenters. The maximum atomic E-state index is 6.35. The molecule has 0 spiro atoms. The molecule has 3 rings (SSSR count). The van der Waals surface area contributed by atoms with Crippen molar-refractivity contribution in [2.75, 3.05) is 27.2 Å². The minimum absolute atomic E-state index is 0. The second-order valence-corrected chi connectivity index (χ2v) is 8.45. The molecule has 2 fully saturated rings. The van der Waals surface area contributed by atoms with Crippen LogP contribution in [0.25, 0.3) is 0 Å². The van der Waals surface area contributed by atoms with E-state index >= 15 is 0 Å². The molecule has 1 aromatic rings. The monoisotopic (exact) mass is 530 g/mol. The van der Waals surface area contributed by atoms with Crippen LogP contribution in [0, 0.1) is 0 Å². The summed E-state index contributed by atoms with van der Waals surface area (Å²) in [6.07, 6.45) is 7.35. The maximum absolute atomic E-state index is 6.35. The lowest BCUT2D eigenvalue weighted by Gasteiger charge is -2.35. The molecule has 2 aliphatic rings. The molecular weight excluding hydrogens is 491 g/mol. The average Bonchev–Trinajstić information content (AvgIpc) is 3.25. The van der Waals surface area contributed by atoms with Crippen LogP contribution in [-0.2, 0) is 6.54 Å². The van der Waals surface area contributed by atoms with Gasteiger partial charge in [-0.3, -0.25) is 4.99 Å². The van der Waals surface area contributed by atoms with Gasteiger partial charge in [-0.05, 0) is 58.4 Å². The van der Waals surface area contributed by atoms with Crippen molar-refractivity contribution in [3.63, 3.8) is 0 Å². The summed E-state index contributed by atoms with van der Waals surface area (Å²) in [5.41, 5.74) is 1.11. The normalized spacial score (nSPS) is 18.9. The third kappa shape index (κ3) is 6.90. The highest BCUT2D eigenvalue weighted by molar-refractivity contribution is 14.0. The number of ether oxygens (including phenoxy) is 2. The molecule has 1 aliphatic carbocycles. The maximum Gasteiger partial charge on any atom is 0.191 e. The minimum Gasteiger partial charge on any atom is -0.493 e. The van der Waals surface area contributed by atoms with Crippen molar-refractivity contribution in [3.8, 4) is 11.5 Å². The first-order valence-electron chi connectivity index (χ1n) is 11.1. The second-order valence-electron chi connectivity index (χ2n) is 8.45. The van der Waals surface area contributed by atoms with Crippen LogP contribution in [0.1, 0.15) is 57.9 Å². The van der Waals surface area contributed by atoms with Crippen LogP contribution in [0.2, 0.25) is 0 Å². The van der Waals surface area contributed by atoms with Crippen LogP contribution in [-0.4, -0.2) is 56.3 Å². The SMILES string of the molecule is CN=C(NCc1cccc(OC)c1OC1CCCC1)NC1CCN(C(C)C)CC1.I. The van der Waals surface area contributed by atoms with Gasteiger partial charge in [-0.15, -0.1) is 24.0 Å². The van der Waals surface area contributed by atoms with E-state index in [2.05, 4.69) is 40.4 Å². The van der Waals surface area contributed by atoms with Crippen molar-refractivity contribution in [3.05, 3.63) is 23.8 Å². The number of piperidine rings is 1. The Balaban J connectivity index is 0.00000320. The van der Waals surface area contributed by atoms with Crippen molar-refractivity contribution >= 4 is 29.9 Å². The smallest absolute Gasteiger partial charge is 0.191 e. The zero-order valence-electron chi connectivity index (χ0n) is 18.9. The predicted octanol–water partition coefficient (Wildman–Crippen LogP) is 4.17. The van der Waals surface area contributed by atoms with Gasteiger partial charge in [-0.2, -0.15) is 0 Å². The van der Waals surface area contributed by atoms with Gasteiger partial charge in [0.1, 0.15) is 0 Å². The molecule has 0 atom stereocenters. The Morgan fingerprint density at radius 3 is 2.47 bits per heavy atom. The number of nitrogens with one attached hydrogen (secondary N) is 2. The first-order valence-corrected chi connectivity index (χ1v) is 11.1.